The van der Waals surface area contributed by atoms with Gasteiger partial charge >= 0.3 is 5.97 Å². The highest BCUT2D eigenvalue weighted by atomic mass is 35.5. The first-order chi connectivity index (χ1) is 16.4. The third-order valence-electron chi connectivity index (χ3n) is 5.34. The van der Waals surface area contributed by atoms with Gasteiger partial charge < -0.3 is 18.6 Å². The number of hydrogen-bond acceptors (Lipinski definition) is 6. The predicted octanol–water partition coefficient (Wildman–Crippen LogP) is 6.63. The van der Waals surface area contributed by atoms with Gasteiger partial charge in [-0.2, -0.15) is 0 Å². The molecule has 0 bridgehead atoms. The number of benzene rings is 3. The van der Waals surface area contributed by atoms with E-state index < -0.39 is 5.97 Å². The molecule has 1 aromatic heterocycles. The number of furan rings is 1. The highest BCUT2D eigenvalue weighted by molar-refractivity contribution is 6.31. The van der Waals surface area contributed by atoms with Gasteiger partial charge in [0.2, 0.25) is 11.5 Å². The summed E-state index contributed by atoms with van der Waals surface area (Å²) in [5.41, 5.74) is 2.31. The molecule has 1 aliphatic rings. The molecule has 170 valence electrons. The molecule has 7 heteroatoms. The van der Waals surface area contributed by atoms with Gasteiger partial charge in [0.15, 0.2) is 5.76 Å². The average Bonchev–Trinajstić information content (AvgIpc) is 3.36. The molecule has 0 aliphatic carbocycles. The maximum atomic E-state index is 13.0. The summed E-state index contributed by atoms with van der Waals surface area (Å²) in [6.07, 6.45) is 1.65. The average molecular weight is 475 g/mol. The third-order valence-corrected chi connectivity index (χ3v) is 5.57. The van der Waals surface area contributed by atoms with Crippen LogP contribution in [-0.2, 0) is 0 Å². The van der Waals surface area contributed by atoms with Crippen molar-refractivity contribution in [2.24, 2.45) is 0 Å². The molecule has 0 saturated carbocycles. The molecule has 0 saturated heterocycles. The zero-order chi connectivity index (χ0) is 23.8. The number of ether oxygens (including phenoxy) is 3. The van der Waals surface area contributed by atoms with Gasteiger partial charge in [-0.05, 0) is 61.9 Å². The number of ketones is 1. The molecule has 4 aromatic rings. The summed E-state index contributed by atoms with van der Waals surface area (Å²) in [7, 11) is 0. The molecular formula is C27H19ClO6. The minimum Gasteiger partial charge on any atom is -0.493 e. The predicted molar refractivity (Wildman–Crippen MR) is 128 cm³/mol. The molecule has 2 heterocycles. The van der Waals surface area contributed by atoms with Crippen molar-refractivity contribution >= 4 is 40.4 Å². The summed E-state index contributed by atoms with van der Waals surface area (Å²) in [6.45, 7) is 4.16. The van der Waals surface area contributed by atoms with E-state index in [0.29, 0.717) is 45.2 Å². The van der Waals surface area contributed by atoms with Gasteiger partial charge in [-0.15, -0.1) is 0 Å². The maximum absolute atomic E-state index is 13.0. The fourth-order valence-corrected chi connectivity index (χ4v) is 4.02. The highest BCUT2D eigenvalue weighted by Gasteiger charge is 2.31. The fourth-order valence-electron chi connectivity index (χ4n) is 3.84. The van der Waals surface area contributed by atoms with E-state index in [4.69, 9.17) is 30.2 Å². The number of hydrogen-bond donors (Lipinski definition) is 0. The Kier molecular flexibility index (Phi) is 5.59. The van der Waals surface area contributed by atoms with Crippen molar-refractivity contribution in [1.82, 2.24) is 0 Å². The van der Waals surface area contributed by atoms with E-state index >= 15 is 0 Å². The second-order valence-electron chi connectivity index (χ2n) is 7.71. The largest absolute Gasteiger partial charge is 0.493 e. The highest BCUT2D eigenvalue weighted by Crippen LogP contribution is 2.38. The number of halogens is 1. The first-order valence-corrected chi connectivity index (χ1v) is 11.0. The van der Waals surface area contributed by atoms with Crippen molar-refractivity contribution in [1.29, 1.82) is 0 Å². The first kappa shape index (κ1) is 21.8. The summed E-state index contributed by atoms with van der Waals surface area (Å²) >= 11 is 6.00. The number of allylic oxidation sites excluding steroid dienone is 1. The van der Waals surface area contributed by atoms with Crippen LogP contribution in [0.2, 0.25) is 5.02 Å². The molecule has 0 fully saturated rings. The van der Waals surface area contributed by atoms with Crippen LogP contribution in [0, 0.1) is 6.92 Å². The van der Waals surface area contributed by atoms with Gasteiger partial charge in [0, 0.05) is 22.0 Å². The molecule has 34 heavy (non-hydrogen) atoms. The molecule has 0 N–H and O–H groups in total. The Morgan fingerprint density at radius 3 is 2.74 bits per heavy atom. The van der Waals surface area contributed by atoms with Crippen LogP contribution in [0.5, 0.6) is 17.2 Å². The molecule has 0 spiro atoms. The minimum absolute atomic E-state index is 0.0422. The first-order valence-electron chi connectivity index (χ1n) is 10.6. The third kappa shape index (κ3) is 4.04. The van der Waals surface area contributed by atoms with Crippen LogP contribution in [0.15, 0.2) is 70.8 Å². The standard InChI is InChI=1S/C27H19ClO6/c1-3-31-20-7-5-4-6-16(20)12-23-26(29)25-15(2)10-19(14-22(25)34-23)32-27(30)24-13-17-11-18(28)8-9-21(17)33-24/h4-14H,3H2,1-2H3/b23-12-. The molecule has 0 amide bonds. The van der Waals surface area contributed by atoms with Crippen molar-refractivity contribution in [2.45, 2.75) is 13.8 Å². The lowest BCUT2D eigenvalue weighted by atomic mass is 10.0. The van der Waals surface area contributed by atoms with Crippen LogP contribution in [0.25, 0.3) is 17.0 Å². The lowest BCUT2D eigenvalue weighted by Gasteiger charge is -2.07. The van der Waals surface area contributed by atoms with Crippen LogP contribution in [-0.4, -0.2) is 18.4 Å². The van der Waals surface area contributed by atoms with E-state index in [1.54, 1.807) is 43.3 Å². The molecule has 1 aliphatic heterocycles. The summed E-state index contributed by atoms with van der Waals surface area (Å²) in [5, 5.41) is 1.23. The quantitative estimate of drug-likeness (QED) is 0.183. The minimum atomic E-state index is -0.669. The van der Waals surface area contributed by atoms with Crippen molar-refractivity contribution in [3.8, 4) is 17.2 Å². The van der Waals surface area contributed by atoms with Crippen LogP contribution in [0.4, 0.5) is 0 Å². The Labute approximate surface area is 200 Å². The number of carbonyl (C=O) groups is 2. The van der Waals surface area contributed by atoms with Crippen molar-refractivity contribution in [3.63, 3.8) is 0 Å². The zero-order valence-electron chi connectivity index (χ0n) is 18.4. The van der Waals surface area contributed by atoms with Crippen molar-refractivity contribution < 1.29 is 28.2 Å². The van der Waals surface area contributed by atoms with Gasteiger partial charge in [-0.25, -0.2) is 4.79 Å². The summed E-state index contributed by atoms with van der Waals surface area (Å²) in [5.74, 6) is 0.516. The number of esters is 1. The van der Waals surface area contributed by atoms with Gasteiger partial charge in [0.25, 0.3) is 0 Å². The fraction of sp³-hybridized carbons (Fsp3) is 0.111. The summed E-state index contributed by atoms with van der Waals surface area (Å²) < 4.78 is 22.6. The van der Waals surface area contributed by atoms with Crippen molar-refractivity contribution in [2.75, 3.05) is 6.61 Å². The summed E-state index contributed by atoms with van der Waals surface area (Å²) in [6, 6.07) is 17.2. The van der Waals surface area contributed by atoms with E-state index in [-0.39, 0.29) is 23.1 Å². The number of fused-ring (bicyclic) bond motifs is 2. The van der Waals surface area contributed by atoms with Gasteiger partial charge in [0.1, 0.15) is 22.8 Å². The molecule has 0 radical (unpaired) electrons. The monoisotopic (exact) mass is 474 g/mol. The molecule has 3 aromatic carbocycles. The van der Waals surface area contributed by atoms with Gasteiger partial charge in [0.05, 0.1) is 12.2 Å². The topological polar surface area (TPSA) is 75.0 Å². The Morgan fingerprint density at radius 1 is 1.09 bits per heavy atom. The van der Waals surface area contributed by atoms with E-state index in [0.717, 1.165) is 5.56 Å². The number of rotatable bonds is 5. The van der Waals surface area contributed by atoms with E-state index in [9.17, 15) is 9.59 Å². The van der Waals surface area contributed by atoms with Crippen LogP contribution in [0.3, 0.4) is 0 Å². The van der Waals surface area contributed by atoms with Gasteiger partial charge in [-0.3, -0.25) is 4.79 Å². The molecule has 0 atom stereocenters. The summed E-state index contributed by atoms with van der Waals surface area (Å²) in [4.78, 5) is 25.7. The lowest BCUT2D eigenvalue weighted by Crippen LogP contribution is -2.07. The van der Waals surface area contributed by atoms with Gasteiger partial charge in [-0.1, -0.05) is 29.8 Å². The molecule has 0 unspecified atom stereocenters. The lowest BCUT2D eigenvalue weighted by molar-refractivity contribution is 0.0703. The maximum Gasteiger partial charge on any atom is 0.379 e. The van der Waals surface area contributed by atoms with E-state index in [2.05, 4.69) is 0 Å². The Hall–Kier alpha value is -4.03. The van der Waals surface area contributed by atoms with Crippen LogP contribution < -0.4 is 14.2 Å². The Bertz CT molecular complexity index is 1480. The number of Topliss-reactive ketones (excluding diaryl/α,β-unsaturated/α-hetero) is 1. The molecular weight excluding hydrogens is 456 g/mol. The second kappa shape index (κ2) is 8.72. The van der Waals surface area contributed by atoms with Crippen molar-refractivity contribution in [3.05, 3.63) is 93.9 Å². The van der Waals surface area contributed by atoms with Crippen LogP contribution in [0.1, 0.15) is 39.0 Å². The molecule has 5 rings (SSSR count). The van der Waals surface area contributed by atoms with Crippen LogP contribution >= 0.6 is 11.6 Å². The molecule has 6 nitrogen and oxygen atoms in total. The smallest absolute Gasteiger partial charge is 0.379 e. The Balaban J connectivity index is 1.41. The van der Waals surface area contributed by atoms with E-state index in [1.807, 2.05) is 31.2 Å². The van der Waals surface area contributed by atoms with E-state index in [1.165, 1.54) is 6.07 Å². The SMILES string of the molecule is CCOc1ccccc1/C=C1\Oc2cc(OC(=O)c3cc4cc(Cl)ccc4o3)cc(C)c2C1=O. The normalized spacial score (nSPS) is 13.7. The second-order valence-corrected chi connectivity index (χ2v) is 8.14. The Morgan fingerprint density at radius 2 is 1.91 bits per heavy atom. The number of para-hydroxylation sites is 1. The number of aryl methyl sites for hydroxylation is 1. The number of carbonyl (C=O) groups excluding carboxylic acids is 2. The zero-order valence-corrected chi connectivity index (χ0v) is 19.1.